The number of hydrogen-bond donors (Lipinski definition) is 3. The number of carbonyl (C=O) groups excluding carboxylic acids is 1. The molecule has 0 radical (unpaired) electrons. The molecule has 1 aromatic carbocycles. The predicted octanol–water partition coefficient (Wildman–Crippen LogP) is 1.34. The maximum Gasteiger partial charge on any atom is 0.238 e. The quantitative estimate of drug-likeness (QED) is 0.709. The van der Waals surface area contributed by atoms with Gasteiger partial charge in [-0.25, -0.2) is 4.39 Å². The van der Waals surface area contributed by atoms with Crippen molar-refractivity contribution in [1.82, 2.24) is 4.90 Å². The summed E-state index contributed by atoms with van der Waals surface area (Å²) in [7, 11) is 1.71. The van der Waals surface area contributed by atoms with E-state index >= 15 is 0 Å². The molecular formula is C14H20ClFN2O3. The molecule has 0 saturated heterocycles. The summed E-state index contributed by atoms with van der Waals surface area (Å²) >= 11 is 5.64. The van der Waals surface area contributed by atoms with E-state index in [1.165, 1.54) is 18.2 Å². The first-order valence-corrected chi connectivity index (χ1v) is 6.82. The monoisotopic (exact) mass is 318 g/mol. The van der Waals surface area contributed by atoms with Gasteiger partial charge in [0, 0.05) is 17.6 Å². The third kappa shape index (κ3) is 5.59. The number of anilines is 1. The van der Waals surface area contributed by atoms with Crippen molar-refractivity contribution in [2.45, 2.75) is 6.92 Å². The van der Waals surface area contributed by atoms with Gasteiger partial charge in [0.1, 0.15) is 5.82 Å². The van der Waals surface area contributed by atoms with Gasteiger partial charge in [-0.2, -0.15) is 0 Å². The molecule has 0 unspecified atom stereocenters. The summed E-state index contributed by atoms with van der Waals surface area (Å²) in [4.78, 5) is 13.6. The molecule has 7 heteroatoms. The van der Waals surface area contributed by atoms with E-state index in [2.05, 4.69) is 5.32 Å². The Morgan fingerprint density at radius 3 is 2.57 bits per heavy atom. The number of aliphatic hydroxyl groups excluding tert-OH is 2. The largest absolute Gasteiger partial charge is 0.396 e. The van der Waals surface area contributed by atoms with Crippen molar-refractivity contribution in [2.75, 3.05) is 38.7 Å². The van der Waals surface area contributed by atoms with Crippen LogP contribution in [0.5, 0.6) is 0 Å². The summed E-state index contributed by atoms with van der Waals surface area (Å²) in [5.74, 6) is -0.841. The highest BCUT2D eigenvalue weighted by Gasteiger charge is 2.25. The maximum atomic E-state index is 13.0. The van der Waals surface area contributed by atoms with Crippen LogP contribution in [0.25, 0.3) is 0 Å². The van der Waals surface area contributed by atoms with Crippen LogP contribution < -0.4 is 5.32 Å². The van der Waals surface area contributed by atoms with Crippen molar-refractivity contribution in [3.05, 3.63) is 29.0 Å². The number of rotatable bonds is 7. The summed E-state index contributed by atoms with van der Waals surface area (Å²) in [6.45, 7) is 1.80. The van der Waals surface area contributed by atoms with Gasteiger partial charge in [0.15, 0.2) is 0 Å². The van der Waals surface area contributed by atoms with E-state index in [-0.39, 0.29) is 30.7 Å². The fraction of sp³-hybridized carbons (Fsp3) is 0.500. The molecule has 0 spiro atoms. The Kier molecular flexibility index (Phi) is 6.54. The lowest BCUT2D eigenvalue weighted by atomic mass is 9.92. The molecule has 0 saturated carbocycles. The van der Waals surface area contributed by atoms with E-state index in [1.807, 2.05) is 0 Å². The molecular weight excluding hydrogens is 299 g/mol. The van der Waals surface area contributed by atoms with Crippen LogP contribution in [0.2, 0.25) is 5.02 Å². The highest BCUT2D eigenvalue weighted by molar-refractivity contribution is 6.31. The van der Waals surface area contributed by atoms with Gasteiger partial charge in [-0.15, -0.1) is 0 Å². The smallest absolute Gasteiger partial charge is 0.238 e. The SMILES string of the molecule is CN(CC(=O)Nc1ccc(F)c(Cl)c1)CC(C)(CO)CO. The second-order valence-electron chi connectivity index (χ2n) is 5.48. The molecule has 1 amide bonds. The zero-order valence-electron chi connectivity index (χ0n) is 12.1. The molecule has 0 aliphatic heterocycles. The first kappa shape index (κ1) is 17.8. The second kappa shape index (κ2) is 7.70. The first-order chi connectivity index (χ1) is 9.79. The summed E-state index contributed by atoms with van der Waals surface area (Å²) in [6, 6.07) is 3.93. The Balaban J connectivity index is 2.55. The van der Waals surface area contributed by atoms with Crippen molar-refractivity contribution >= 4 is 23.2 Å². The van der Waals surface area contributed by atoms with E-state index in [0.29, 0.717) is 12.2 Å². The lowest BCUT2D eigenvalue weighted by Gasteiger charge is -2.29. The fourth-order valence-corrected chi connectivity index (χ4v) is 2.06. The highest BCUT2D eigenvalue weighted by Crippen LogP contribution is 2.19. The third-order valence-electron chi connectivity index (χ3n) is 3.03. The average molecular weight is 319 g/mol. The van der Waals surface area contributed by atoms with E-state index < -0.39 is 11.2 Å². The molecule has 0 aromatic heterocycles. The zero-order chi connectivity index (χ0) is 16.0. The predicted molar refractivity (Wildman–Crippen MR) is 79.8 cm³/mol. The van der Waals surface area contributed by atoms with Gasteiger partial charge >= 0.3 is 0 Å². The van der Waals surface area contributed by atoms with Crippen LogP contribution in [0.4, 0.5) is 10.1 Å². The number of halogens is 2. The molecule has 3 N–H and O–H groups in total. The zero-order valence-corrected chi connectivity index (χ0v) is 12.8. The van der Waals surface area contributed by atoms with E-state index in [0.717, 1.165) is 0 Å². The van der Waals surface area contributed by atoms with Crippen molar-refractivity contribution in [3.8, 4) is 0 Å². The summed E-state index contributed by atoms with van der Waals surface area (Å²) in [6.07, 6.45) is 0. The molecule has 1 aromatic rings. The molecule has 0 fully saturated rings. The Morgan fingerprint density at radius 1 is 1.43 bits per heavy atom. The molecule has 0 aliphatic rings. The van der Waals surface area contributed by atoms with E-state index in [9.17, 15) is 19.4 Å². The molecule has 0 bridgehead atoms. The van der Waals surface area contributed by atoms with Gasteiger partial charge in [-0.1, -0.05) is 18.5 Å². The van der Waals surface area contributed by atoms with Gasteiger partial charge in [0.2, 0.25) is 5.91 Å². The fourth-order valence-electron chi connectivity index (χ4n) is 1.88. The van der Waals surface area contributed by atoms with E-state index in [4.69, 9.17) is 11.6 Å². The van der Waals surface area contributed by atoms with Crippen LogP contribution in [-0.4, -0.2) is 54.4 Å². The lowest BCUT2D eigenvalue weighted by molar-refractivity contribution is -0.117. The first-order valence-electron chi connectivity index (χ1n) is 6.45. The van der Waals surface area contributed by atoms with Crippen molar-refractivity contribution in [3.63, 3.8) is 0 Å². The van der Waals surface area contributed by atoms with Gasteiger partial charge in [0.05, 0.1) is 24.8 Å². The molecule has 21 heavy (non-hydrogen) atoms. The number of benzene rings is 1. The van der Waals surface area contributed by atoms with Crippen LogP contribution in [0.1, 0.15) is 6.92 Å². The van der Waals surface area contributed by atoms with Gasteiger partial charge in [-0.05, 0) is 25.2 Å². The standard InChI is InChI=1S/C14H20ClFN2O3/c1-14(8-19,9-20)7-18(2)6-13(21)17-10-3-4-12(16)11(15)5-10/h3-5,19-20H,6-9H2,1-2H3,(H,17,21). The minimum atomic E-state index is -0.672. The molecule has 0 aliphatic carbocycles. The number of carbonyl (C=O) groups is 1. The summed E-state index contributed by atoms with van der Waals surface area (Å²) in [5.41, 5.74) is -0.263. The highest BCUT2D eigenvalue weighted by atomic mass is 35.5. The number of nitrogens with zero attached hydrogens (tertiary/aromatic N) is 1. The topological polar surface area (TPSA) is 72.8 Å². The van der Waals surface area contributed by atoms with Crippen molar-refractivity contribution in [1.29, 1.82) is 0 Å². The van der Waals surface area contributed by atoms with Crippen LogP contribution in [0.15, 0.2) is 18.2 Å². The molecule has 5 nitrogen and oxygen atoms in total. The number of nitrogens with one attached hydrogen (secondary N) is 1. The Labute approximate surface area is 128 Å². The van der Waals surface area contributed by atoms with Crippen LogP contribution in [0.3, 0.4) is 0 Å². The summed E-state index contributed by atoms with van der Waals surface area (Å²) < 4.78 is 13.0. The maximum absolute atomic E-state index is 13.0. The number of likely N-dealkylation sites (N-methyl/N-ethyl adjacent to an activating group) is 1. The molecule has 0 atom stereocenters. The van der Waals surface area contributed by atoms with Crippen LogP contribution >= 0.6 is 11.6 Å². The normalized spacial score (nSPS) is 11.8. The molecule has 1 rings (SSSR count). The lowest BCUT2D eigenvalue weighted by Crippen LogP contribution is -2.41. The Bertz CT molecular complexity index is 495. The number of amides is 1. The minimum absolute atomic E-state index is 0.0608. The van der Waals surface area contributed by atoms with Crippen molar-refractivity contribution in [2.24, 2.45) is 5.41 Å². The van der Waals surface area contributed by atoms with Crippen LogP contribution in [0, 0.1) is 11.2 Å². The van der Waals surface area contributed by atoms with Gasteiger partial charge in [-0.3, -0.25) is 9.69 Å². The number of aliphatic hydroxyl groups is 2. The van der Waals surface area contributed by atoms with Gasteiger partial charge in [0.25, 0.3) is 0 Å². The summed E-state index contributed by atoms with van der Waals surface area (Å²) in [5, 5.41) is 21.0. The second-order valence-corrected chi connectivity index (χ2v) is 5.88. The van der Waals surface area contributed by atoms with Gasteiger partial charge < -0.3 is 15.5 Å². The number of hydrogen-bond acceptors (Lipinski definition) is 4. The average Bonchev–Trinajstić information content (AvgIpc) is 2.42. The van der Waals surface area contributed by atoms with Crippen molar-refractivity contribution < 1.29 is 19.4 Å². The van der Waals surface area contributed by atoms with E-state index in [1.54, 1.807) is 18.9 Å². The van der Waals surface area contributed by atoms with Crippen LogP contribution in [-0.2, 0) is 4.79 Å². The minimum Gasteiger partial charge on any atom is -0.396 e. The Hall–Kier alpha value is -1.21. The Morgan fingerprint density at radius 2 is 2.05 bits per heavy atom. The molecule has 118 valence electrons. The third-order valence-corrected chi connectivity index (χ3v) is 3.32. The molecule has 0 heterocycles.